The van der Waals surface area contributed by atoms with Crippen LogP contribution in [-0.4, -0.2) is 33.0 Å². The van der Waals surface area contributed by atoms with E-state index >= 15 is 0 Å². The first-order valence-electron chi connectivity index (χ1n) is 7.46. The molecule has 0 radical (unpaired) electrons. The summed E-state index contributed by atoms with van der Waals surface area (Å²) in [6.45, 7) is 1.09. The van der Waals surface area contributed by atoms with Crippen LogP contribution in [0.15, 0.2) is 24.3 Å². The second-order valence-electron chi connectivity index (χ2n) is 5.54. The molecule has 1 unspecified atom stereocenters. The first kappa shape index (κ1) is 16.2. The summed E-state index contributed by atoms with van der Waals surface area (Å²) in [6.07, 6.45) is 4.25. The molecule has 5 nitrogen and oxygen atoms in total. The summed E-state index contributed by atoms with van der Waals surface area (Å²) in [4.78, 5) is 0. The Kier molecular flexibility index (Phi) is 5.99. The fourth-order valence-corrected chi connectivity index (χ4v) is 2.83. The summed E-state index contributed by atoms with van der Waals surface area (Å²) in [7, 11) is 3.45. The van der Waals surface area contributed by atoms with Gasteiger partial charge in [-0.25, -0.2) is 0 Å². The topological polar surface area (TPSA) is 65.7 Å². The molecule has 1 fully saturated rings. The minimum Gasteiger partial charge on any atom is -0.491 e. The maximum atomic E-state index is 5.80. The zero-order valence-electron chi connectivity index (χ0n) is 12.9. The summed E-state index contributed by atoms with van der Waals surface area (Å²) in [5, 5.41) is 0. The molecule has 1 saturated carbocycles. The quantitative estimate of drug-likeness (QED) is 0.415. The predicted molar refractivity (Wildman–Crippen MR) is 82.1 cm³/mol. The predicted octanol–water partition coefficient (Wildman–Crippen LogP) is 2.18. The molecule has 2 rings (SSSR count). The summed E-state index contributed by atoms with van der Waals surface area (Å²) in [6, 6.07) is 8.01. The van der Waals surface area contributed by atoms with Gasteiger partial charge in [0, 0.05) is 19.8 Å². The van der Waals surface area contributed by atoms with Crippen molar-refractivity contribution in [1.82, 2.24) is 5.43 Å². The Morgan fingerprint density at radius 3 is 2.57 bits per heavy atom. The molecule has 1 aromatic carbocycles. The molecule has 5 heteroatoms. The molecule has 1 atom stereocenters. The monoisotopic (exact) mass is 294 g/mol. The van der Waals surface area contributed by atoms with Crippen molar-refractivity contribution >= 4 is 0 Å². The average Bonchev–Trinajstić information content (AvgIpc) is 2.48. The maximum absolute atomic E-state index is 5.80. The van der Waals surface area contributed by atoms with E-state index in [4.69, 9.17) is 20.1 Å². The third kappa shape index (κ3) is 3.95. The van der Waals surface area contributed by atoms with E-state index in [-0.39, 0.29) is 11.6 Å². The molecule has 3 N–H and O–H groups in total. The Morgan fingerprint density at radius 2 is 2.00 bits per heavy atom. The van der Waals surface area contributed by atoms with Gasteiger partial charge in [0.2, 0.25) is 0 Å². The third-order valence-corrected chi connectivity index (χ3v) is 4.31. The van der Waals surface area contributed by atoms with Crippen LogP contribution in [0.1, 0.15) is 37.3 Å². The Bertz CT molecular complexity index is 430. The molecule has 1 aliphatic carbocycles. The van der Waals surface area contributed by atoms with E-state index in [9.17, 15) is 0 Å². The number of hydrazine groups is 1. The molecule has 0 amide bonds. The van der Waals surface area contributed by atoms with Crippen LogP contribution in [-0.2, 0) is 9.47 Å². The zero-order valence-corrected chi connectivity index (χ0v) is 12.9. The minimum atomic E-state index is -0.0450. The second-order valence-corrected chi connectivity index (χ2v) is 5.54. The molecule has 0 heterocycles. The number of hydrogen-bond donors (Lipinski definition) is 2. The van der Waals surface area contributed by atoms with Crippen LogP contribution >= 0.6 is 0 Å². The van der Waals surface area contributed by atoms with Gasteiger partial charge in [-0.2, -0.15) is 0 Å². The summed E-state index contributed by atoms with van der Waals surface area (Å²) in [5.41, 5.74) is 3.94. The largest absolute Gasteiger partial charge is 0.491 e. The van der Waals surface area contributed by atoms with Crippen molar-refractivity contribution in [3.8, 4) is 5.75 Å². The fourth-order valence-electron chi connectivity index (χ4n) is 2.83. The van der Waals surface area contributed by atoms with Crippen molar-refractivity contribution in [1.29, 1.82) is 0 Å². The molecular formula is C16H26N2O3. The number of ether oxygens (including phenoxy) is 3. The van der Waals surface area contributed by atoms with Crippen LogP contribution < -0.4 is 16.0 Å². The van der Waals surface area contributed by atoms with Crippen LogP contribution in [0.2, 0.25) is 0 Å². The van der Waals surface area contributed by atoms with Gasteiger partial charge in [-0.3, -0.25) is 11.3 Å². The van der Waals surface area contributed by atoms with E-state index in [2.05, 4.69) is 11.5 Å². The van der Waals surface area contributed by atoms with Gasteiger partial charge in [0.15, 0.2) is 0 Å². The van der Waals surface area contributed by atoms with Crippen molar-refractivity contribution < 1.29 is 14.2 Å². The van der Waals surface area contributed by atoms with E-state index in [1.807, 2.05) is 18.2 Å². The van der Waals surface area contributed by atoms with Crippen LogP contribution in [0.4, 0.5) is 0 Å². The highest BCUT2D eigenvalue weighted by molar-refractivity contribution is 5.36. The number of nitrogens with one attached hydrogen (secondary N) is 1. The summed E-state index contributed by atoms with van der Waals surface area (Å²) < 4.78 is 16.5. The van der Waals surface area contributed by atoms with Gasteiger partial charge in [-0.15, -0.1) is 0 Å². The van der Waals surface area contributed by atoms with Gasteiger partial charge in [0.05, 0.1) is 18.2 Å². The summed E-state index contributed by atoms with van der Waals surface area (Å²) >= 11 is 0. The smallest absolute Gasteiger partial charge is 0.124 e. The Balaban J connectivity index is 2.09. The number of benzene rings is 1. The standard InChI is InChI=1S/C16H26N2O3/c1-19-10-11-21-15-7-4-3-6-13(15)14(18-17)12-16(20-2)8-5-9-16/h3-4,6-7,14,18H,5,8-12,17H2,1-2H3. The van der Waals surface area contributed by atoms with Gasteiger partial charge in [0.25, 0.3) is 0 Å². The lowest BCUT2D eigenvalue weighted by atomic mass is 9.74. The summed E-state index contributed by atoms with van der Waals surface area (Å²) in [5.74, 6) is 6.63. The van der Waals surface area contributed by atoms with Crippen LogP contribution in [0.5, 0.6) is 5.75 Å². The first-order chi connectivity index (χ1) is 10.2. The molecule has 1 aliphatic rings. The maximum Gasteiger partial charge on any atom is 0.124 e. The van der Waals surface area contributed by atoms with E-state index in [1.54, 1.807) is 14.2 Å². The fraction of sp³-hybridized carbons (Fsp3) is 0.625. The molecular weight excluding hydrogens is 268 g/mol. The van der Waals surface area contributed by atoms with Crippen molar-refractivity contribution in [3.63, 3.8) is 0 Å². The van der Waals surface area contributed by atoms with Gasteiger partial charge in [0.1, 0.15) is 12.4 Å². The minimum absolute atomic E-state index is 0.0176. The van der Waals surface area contributed by atoms with Gasteiger partial charge in [-0.05, 0) is 31.7 Å². The lowest BCUT2D eigenvalue weighted by molar-refractivity contribution is -0.0839. The zero-order chi connectivity index (χ0) is 15.1. The third-order valence-electron chi connectivity index (χ3n) is 4.31. The lowest BCUT2D eigenvalue weighted by Crippen LogP contribution is -2.44. The van der Waals surface area contributed by atoms with Gasteiger partial charge in [-0.1, -0.05) is 18.2 Å². The molecule has 21 heavy (non-hydrogen) atoms. The van der Waals surface area contributed by atoms with E-state index in [0.717, 1.165) is 30.6 Å². The van der Waals surface area contributed by atoms with Gasteiger partial charge < -0.3 is 14.2 Å². The van der Waals surface area contributed by atoms with Gasteiger partial charge >= 0.3 is 0 Å². The Labute approximate surface area is 126 Å². The number of methoxy groups -OCH3 is 2. The highest BCUT2D eigenvalue weighted by atomic mass is 16.5. The number of rotatable bonds is 9. The number of hydrogen-bond acceptors (Lipinski definition) is 5. The van der Waals surface area contributed by atoms with E-state index < -0.39 is 0 Å². The molecule has 0 bridgehead atoms. The van der Waals surface area contributed by atoms with Crippen molar-refractivity contribution in [3.05, 3.63) is 29.8 Å². The SMILES string of the molecule is COCCOc1ccccc1C(CC1(OC)CCC1)NN. The van der Waals surface area contributed by atoms with Crippen LogP contribution in [0, 0.1) is 0 Å². The van der Waals surface area contributed by atoms with E-state index in [1.165, 1.54) is 6.42 Å². The normalized spacial score (nSPS) is 18.0. The highest BCUT2D eigenvalue weighted by Crippen LogP contribution is 2.42. The lowest BCUT2D eigenvalue weighted by Gasteiger charge is -2.42. The van der Waals surface area contributed by atoms with Crippen molar-refractivity contribution in [2.24, 2.45) is 5.84 Å². The molecule has 0 saturated heterocycles. The van der Waals surface area contributed by atoms with E-state index in [0.29, 0.717) is 13.2 Å². The van der Waals surface area contributed by atoms with Crippen LogP contribution in [0.3, 0.4) is 0 Å². The first-order valence-corrected chi connectivity index (χ1v) is 7.46. The highest BCUT2D eigenvalue weighted by Gasteiger charge is 2.39. The van der Waals surface area contributed by atoms with Crippen molar-refractivity contribution in [2.75, 3.05) is 27.4 Å². The Hall–Kier alpha value is -1.14. The molecule has 1 aromatic rings. The Morgan fingerprint density at radius 1 is 1.24 bits per heavy atom. The second kappa shape index (κ2) is 7.75. The molecule has 0 aromatic heterocycles. The van der Waals surface area contributed by atoms with Crippen LogP contribution in [0.25, 0.3) is 0 Å². The molecule has 118 valence electrons. The number of nitrogens with two attached hydrogens (primary N) is 1. The average molecular weight is 294 g/mol. The number of para-hydroxylation sites is 1. The molecule has 0 aliphatic heterocycles. The molecule has 0 spiro atoms. The van der Waals surface area contributed by atoms with Crippen molar-refractivity contribution in [2.45, 2.75) is 37.3 Å².